The number of benzene rings is 2. The third-order valence-electron chi connectivity index (χ3n) is 5.22. The highest BCUT2D eigenvalue weighted by atomic mass is 32.2. The van der Waals surface area contributed by atoms with E-state index in [1.165, 1.54) is 0 Å². The molecule has 0 saturated carbocycles. The highest BCUT2D eigenvalue weighted by molar-refractivity contribution is 7.90. The first-order valence-corrected chi connectivity index (χ1v) is 12.1. The lowest BCUT2D eigenvalue weighted by Gasteiger charge is -2.26. The van der Waals surface area contributed by atoms with E-state index in [0.717, 1.165) is 11.3 Å². The van der Waals surface area contributed by atoms with E-state index >= 15 is 0 Å². The number of carbonyl (C=O) groups excluding carboxylic acids is 1. The van der Waals surface area contributed by atoms with Crippen molar-refractivity contribution >= 4 is 15.7 Å². The second-order valence-electron chi connectivity index (χ2n) is 7.48. The molecule has 8 heteroatoms. The van der Waals surface area contributed by atoms with Crippen LogP contribution in [-0.4, -0.2) is 61.1 Å². The van der Waals surface area contributed by atoms with Gasteiger partial charge in [-0.25, -0.2) is 13.1 Å². The second-order valence-corrected chi connectivity index (χ2v) is 9.67. The Kier molecular flexibility index (Phi) is 6.48. The summed E-state index contributed by atoms with van der Waals surface area (Å²) in [6.07, 6.45) is 1.74. The topological polar surface area (TPSA) is 81.5 Å². The number of hydrogen-bond donors (Lipinski definition) is 0. The maximum atomic E-state index is 12.9. The normalized spacial score (nSPS) is 14.5. The molecule has 7 nitrogen and oxygen atoms in total. The lowest BCUT2D eigenvalue weighted by molar-refractivity contribution is -0.134. The standard InChI is InChI=1S/C23H25N3O4S/c27-22(25-12-14-30-15-13-25)11-16-31(28,29)18-20-17-26(21-9-5-2-6-10-21)24-23(20)19-7-3-1-4-8-19/h1-10,17H,11-16,18H2. The largest absolute Gasteiger partial charge is 0.378 e. The molecule has 1 aromatic heterocycles. The molecule has 0 spiro atoms. The smallest absolute Gasteiger partial charge is 0.223 e. The van der Waals surface area contributed by atoms with Gasteiger partial charge in [-0.05, 0) is 12.1 Å². The molecule has 0 atom stereocenters. The zero-order chi connectivity index (χ0) is 21.7. The van der Waals surface area contributed by atoms with E-state index in [0.29, 0.717) is 37.6 Å². The van der Waals surface area contributed by atoms with Crippen LogP contribution in [0.4, 0.5) is 0 Å². The molecule has 1 fully saturated rings. The Labute approximate surface area is 182 Å². The van der Waals surface area contributed by atoms with Gasteiger partial charge >= 0.3 is 0 Å². The second kappa shape index (κ2) is 9.45. The molecule has 1 saturated heterocycles. The van der Waals surface area contributed by atoms with Crippen molar-refractivity contribution in [1.82, 2.24) is 14.7 Å². The summed E-state index contributed by atoms with van der Waals surface area (Å²) < 4.78 is 32.7. The van der Waals surface area contributed by atoms with Gasteiger partial charge in [-0.1, -0.05) is 48.5 Å². The van der Waals surface area contributed by atoms with E-state index < -0.39 is 9.84 Å². The van der Waals surface area contributed by atoms with E-state index in [1.54, 1.807) is 15.8 Å². The number of amides is 1. The van der Waals surface area contributed by atoms with Gasteiger partial charge < -0.3 is 9.64 Å². The van der Waals surface area contributed by atoms with Gasteiger partial charge in [0.25, 0.3) is 0 Å². The van der Waals surface area contributed by atoms with Crippen molar-refractivity contribution in [3.8, 4) is 16.9 Å². The van der Waals surface area contributed by atoms with Gasteiger partial charge in [-0.2, -0.15) is 5.10 Å². The van der Waals surface area contributed by atoms with Crippen molar-refractivity contribution < 1.29 is 17.9 Å². The fraction of sp³-hybridized carbons (Fsp3) is 0.304. The van der Waals surface area contributed by atoms with E-state index in [-0.39, 0.29) is 23.8 Å². The van der Waals surface area contributed by atoms with Gasteiger partial charge in [-0.15, -0.1) is 0 Å². The van der Waals surface area contributed by atoms with Crippen LogP contribution in [0.3, 0.4) is 0 Å². The summed E-state index contributed by atoms with van der Waals surface area (Å²) in [5.74, 6) is -0.496. The van der Waals surface area contributed by atoms with Crippen LogP contribution in [0, 0.1) is 0 Å². The van der Waals surface area contributed by atoms with Gasteiger partial charge in [0.1, 0.15) is 0 Å². The molecule has 2 heterocycles. The van der Waals surface area contributed by atoms with E-state index in [2.05, 4.69) is 5.10 Å². The minimum atomic E-state index is -3.50. The van der Waals surface area contributed by atoms with Gasteiger partial charge in [0.2, 0.25) is 5.91 Å². The Bertz CT molecular complexity index is 1120. The third kappa shape index (κ3) is 5.39. The van der Waals surface area contributed by atoms with Crippen LogP contribution in [0.15, 0.2) is 66.9 Å². The predicted octanol–water partition coefficient (Wildman–Crippen LogP) is 2.70. The summed E-state index contributed by atoms with van der Waals surface area (Å²) in [6, 6.07) is 19.1. The Hall–Kier alpha value is -2.97. The lowest BCUT2D eigenvalue weighted by Crippen LogP contribution is -2.41. The van der Waals surface area contributed by atoms with E-state index in [9.17, 15) is 13.2 Å². The molecule has 0 aliphatic carbocycles. The van der Waals surface area contributed by atoms with Crippen LogP contribution >= 0.6 is 0 Å². The first-order chi connectivity index (χ1) is 15.0. The van der Waals surface area contributed by atoms with Gasteiger partial charge in [-0.3, -0.25) is 4.79 Å². The molecule has 4 rings (SSSR count). The molecule has 31 heavy (non-hydrogen) atoms. The summed E-state index contributed by atoms with van der Waals surface area (Å²) in [7, 11) is -3.50. The highest BCUT2D eigenvalue weighted by Gasteiger charge is 2.23. The fourth-order valence-corrected chi connectivity index (χ4v) is 4.91. The van der Waals surface area contributed by atoms with Crippen LogP contribution in [0.25, 0.3) is 16.9 Å². The van der Waals surface area contributed by atoms with Gasteiger partial charge in [0.05, 0.1) is 36.1 Å². The number of para-hydroxylation sites is 1. The molecule has 3 aromatic rings. The number of hydrogen-bond acceptors (Lipinski definition) is 5. The maximum Gasteiger partial charge on any atom is 0.223 e. The quantitative estimate of drug-likeness (QED) is 0.565. The minimum absolute atomic E-state index is 0.0180. The third-order valence-corrected chi connectivity index (χ3v) is 6.80. The average molecular weight is 440 g/mol. The molecule has 1 amide bonds. The molecule has 0 bridgehead atoms. The molecule has 1 aliphatic heterocycles. The van der Waals surface area contributed by atoms with Gasteiger partial charge in [0, 0.05) is 36.8 Å². The van der Waals surface area contributed by atoms with Crippen LogP contribution in [0.2, 0.25) is 0 Å². The SMILES string of the molecule is O=C(CCS(=O)(=O)Cc1cn(-c2ccccc2)nc1-c1ccccc1)N1CCOCC1. The first kappa shape index (κ1) is 21.3. The molecule has 0 radical (unpaired) electrons. The number of nitrogens with zero attached hydrogens (tertiary/aromatic N) is 3. The summed E-state index contributed by atoms with van der Waals surface area (Å²) in [6.45, 7) is 2.02. The number of aromatic nitrogens is 2. The maximum absolute atomic E-state index is 12.9. The van der Waals surface area contributed by atoms with Crippen molar-refractivity contribution in [1.29, 1.82) is 0 Å². The van der Waals surface area contributed by atoms with Gasteiger partial charge in [0.15, 0.2) is 9.84 Å². The number of sulfone groups is 1. The van der Waals surface area contributed by atoms with E-state index in [1.807, 2.05) is 60.7 Å². The number of rotatable bonds is 7. The van der Waals surface area contributed by atoms with Crippen LogP contribution in [-0.2, 0) is 25.1 Å². The number of carbonyl (C=O) groups is 1. The predicted molar refractivity (Wildman–Crippen MR) is 119 cm³/mol. The van der Waals surface area contributed by atoms with Crippen molar-refractivity contribution in [2.75, 3.05) is 32.1 Å². The molecule has 1 aliphatic rings. The van der Waals surface area contributed by atoms with Crippen LogP contribution < -0.4 is 0 Å². The average Bonchev–Trinajstić information content (AvgIpc) is 3.22. The van der Waals surface area contributed by atoms with Crippen LogP contribution in [0.5, 0.6) is 0 Å². The molecular formula is C23H25N3O4S. The van der Waals surface area contributed by atoms with Crippen molar-refractivity contribution in [2.24, 2.45) is 0 Å². The van der Waals surface area contributed by atoms with Crippen molar-refractivity contribution in [3.63, 3.8) is 0 Å². The Balaban J connectivity index is 1.54. The summed E-state index contributed by atoms with van der Waals surface area (Å²) in [5.41, 5.74) is 2.96. The Morgan fingerprint density at radius 1 is 0.968 bits per heavy atom. The number of morpholine rings is 1. The molecule has 162 valence electrons. The minimum Gasteiger partial charge on any atom is -0.378 e. The van der Waals surface area contributed by atoms with E-state index in [4.69, 9.17) is 4.74 Å². The molecule has 0 unspecified atom stereocenters. The van der Waals surface area contributed by atoms with Crippen LogP contribution in [0.1, 0.15) is 12.0 Å². The summed E-state index contributed by atoms with van der Waals surface area (Å²) in [5, 5.41) is 4.67. The van der Waals surface area contributed by atoms with Crippen molar-refractivity contribution in [2.45, 2.75) is 12.2 Å². The Morgan fingerprint density at radius 3 is 2.29 bits per heavy atom. The molecule has 0 N–H and O–H groups in total. The molecular weight excluding hydrogens is 414 g/mol. The highest BCUT2D eigenvalue weighted by Crippen LogP contribution is 2.25. The zero-order valence-corrected chi connectivity index (χ0v) is 18.0. The lowest BCUT2D eigenvalue weighted by atomic mass is 10.1. The first-order valence-electron chi connectivity index (χ1n) is 10.3. The fourth-order valence-electron chi connectivity index (χ4n) is 3.59. The van der Waals surface area contributed by atoms with Crippen molar-refractivity contribution in [3.05, 3.63) is 72.4 Å². The molecule has 2 aromatic carbocycles. The number of ether oxygens (including phenoxy) is 1. The monoisotopic (exact) mass is 439 g/mol. The Morgan fingerprint density at radius 2 is 1.61 bits per heavy atom. The zero-order valence-electron chi connectivity index (χ0n) is 17.2. The summed E-state index contributed by atoms with van der Waals surface area (Å²) in [4.78, 5) is 14.0. The summed E-state index contributed by atoms with van der Waals surface area (Å²) >= 11 is 0.